The Hall–Kier alpha value is -1.88. The van der Waals surface area contributed by atoms with E-state index in [0.717, 1.165) is 47.3 Å². The van der Waals surface area contributed by atoms with Crippen LogP contribution in [0.2, 0.25) is 0 Å². The molecular weight excluding hydrogens is 320 g/mol. The molecule has 1 saturated heterocycles. The second-order valence-electron chi connectivity index (χ2n) is 6.46. The van der Waals surface area contributed by atoms with E-state index in [9.17, 15) is 9.59 Å². The minimum atomic E-state index is 0.116. The van der Waals surface area contributed by atoms with Crippen LogP contribution in [0.5, 0.6) is 0 Å². The average Bonchev–Trinajstić information content (AvgIpc) is 3.04. The van der Waals surface area contributed by atoms with Gasteiger partial charge in [0.15, 0.2) is 0 Å². The lowest BCUT2D eigenvalue weighted by atomic mass is 9.97. The van der Waals surface area contributed by atoms with E-state index >= 15 is 0 Å². The van der Waals surface area contributed by atoms with Crippen LogP contribution in [-0.4, -0.2) is 36.3 Å². The van der Waals surface area contributed by atoms with Gasteiger partial charge in [-0.25, -0.2) is 0 Å². The topological polar surface area (TPSA) is 49.4 Å². The predicted octanol–water partition coefficient (Wildman–Crippen LogP) is 3.67. The summed E-state index contributed by atoms with van der Waals surface area (Å²) >= 11 is 1.56. The van der Waals surface area contributed by atoms with Crippen LogP contribution in [0.1, 0.15) is 42.3 Å². The van der Waals surface area contributed by atoms with Crippen LogP contribution >= 0.6 is 11.3 Å². The van der Waals surface area contributed by atoms with E-state index in [1.54, 1.807) is 11.3 Å². The first-order chi connectivity index (χ1) is 11.7. The van der Waals surface area contributed by atoms with Crippen LogP contribution in [0.15, 0.2) is 30.3 Å². The van der Waals surface area contributed by atoms with Gasteiger partial charge in [0.1, 0.15) is 0 Å². The van der Waals surface area contributed by atoms with Gasteiger partial charge in [0.05, 0.1) is 4.88 Å². The van der Waals surface area contributed by atoms with Crippen molar-refractivity contribution < 1.29 is 9.59 Å². The molecule has 1 aliphatic heterocycles. The molecule has 1 aromatic heterocycles. The van der Waals surface area contributed by atoms with Gasteiger partial charge in [0, 0.05) is 30.8 Å². The van der Waals surface area contributed by atoms with E-state index in [0.29, 0.717) is 18.9 Å². The first-order valence-electron chi connectivity index (χ1n) is 8.72. The zero-order valence-corrected chi connectivity index (χ0v) is 14.9. The second-order valence-corrected chi connectivity index (χ2v) is 7.55. The number of nitrogens with one attached hydrogen (secondary N) is 1. The van der Waals surface area contributed by atoms with Crippen LogP contribution in [0.3, 0.4) is 0 Å². The quantitative estimate of drug-likeness (QED) is 0.900. The molecule has 2 amide bonds. The Kier molecular flexibility index (Phi) is 5.51. The van der Waals surface area contributed by atoms with Crippen LogP contribution in [0, 0.1) is 5.92 Å². The Morgan fingerprint density at radius 2 is 2.17 bits per heavy atom. The van der Waals surface area contributed by atoms with Crippen molar-refractivity contribution in [3.63, 3.8) is 0 Å². The maximum atomic E-state index is 12.8. The van der Waals surface area contributed by atoms with Crippen LogP contribution in [0.25, 0.3) is 10.1 Å². The standard InChI is InChI=1S/C19H24N2O2S/c1-2-6-18(22)20-12-14-7-5-10-21(13-14)19(23)17-11-15-8-3-4-9-16(15)24-17/h3-4,8-9,11,14H,2,5-7,10,12-13H2,1H3,(H,20,22)/t14-/m0/s1. The van der Waals surface area contributed by atoms with E-state index in [2.05, 4.69) is 11.4 Å². The third kappa shape index (κ3) is 3.96. The maximum Gasteiger partial charge on any atom is 0.263 e. The molecule has 1 aliphatic rings. The number of likely N-dealkylation sites (tertiary alicyclic amines) is 1. The molecule has 1 N–H and O–H groups in total. The highest BCUT2D eigenvalue weighted by Crippen LogP contribution is 2.27. The Morgan fingerprint density at radius 3 is 2.96 bits per heavy atom. The number of thiophene rings is 1. The summed E-state index contributed by atoms with van der Waals surface area (Å²) in [5, 5.41) is 4.13. The first kappa shape index (κ1) is 17.0. The molecule has 1 fully saturated rings. The van der Waals surface area contributed by atoms with Crippen molar-refractivity contribution in [2.45, 2.75) is 32.6 Å². The lowest BCUT2D eigenvalue weighted by molar-refractivity contribution is -0.121. The van der Waals surface area contributed by atoms with Gasteiger partial charge in [-0.3, -0.25) is 9.59 Å². The summed E-state index contributed by atoms with van der Waals surface area (Å²) in [6.45, 7) is 4.23. The molecule has 1 aromatic carbocycles. The predicted molar refractivity (Wildman–Crippen MR) is 98.4 cm³/mol. The molecule has 0 spiro atoms. The molecule has 0 bridgehead atoms. The number of hydrogen-bond donors (Lipinski definition) is 1. The minimum absolute atomic E-state index is 0.116. The Morgan fingerprint density at radius 1 is 1.33 bits per heavy atom. The smallest absolute Gasteiger partial charge is 0.263 e. The second kappa shape index (κ2) is 7.79. The van der Waals surface area contributed by atoms with E-state index in [1.807, 2.05) is 36.1 Å². The molecule has 3 rings (SSSR count). The monoisotopic (exact) mass is 344 g/mol. The molecule has 0 radical (unpaired) electrons. The molecule has 1 atom stereocenters. The SMILES string of the molecule is CCCC(=O)NC[C@@H]1CCCN(C(=O)c2cc3ccccc3s2)C1. The average molecular weight is 344 g/mol. The summed E-state index contributed by atoms with van der Waals surface area (Å²) in [6.07, 6.45) is 3.53. The third-order valence-electron chi connectivity index (χ3n) is 4.51. The van der Waals surface area contributed by atoms with Crippen molar-refractivity contribution in [1.82, 2.24) is 10.2 Å². The molecule has 0 aliphatic carbocycles. The summed E-state index contributed by atoms with van der Waals surface area (Å²) in [4.78, 5) is 27.2. The first-order valence-corrected chi connectivity index (χ1v) is 9.53. The normalized spacial score (nSPS) is 17.9. The summed E-state index contributed by atoms with van der Waals surface area (Å²) < 4.78 is 1.15. The van der Waals surface area contributed by atoms with Gasteiger partial charge in [-0.2, -0.15) is 0 Å². The fraction of sp³-hybridized carbons (Fsp3) is 0.474. The fourth-order valence-corrected chi connectivity index (χ4v) is 4.26. The number of amides is 2. The third-order valence-corrected chi connectivity index (χ3v) is 5.61. The van der Waals surface area contributed by atoms with E-state index < -0.39 is 0 Å². The Bertz CT molecular complexity index is 692. The number of fused-ring (bicyclic) bond motifs is 1. The van der Waals surface area contributed by atoms with Gasteiger partial charge >= 0.3 is 0 Å². The van der Waals surface area contributed by atoms with Crippen molar-refractivity contribution >= 4 is 33.2 Å². The zero-order valence-electron chi connectivity index (χ0n) is 14.1. The van der Waals surface area contributed by atoms with Crippen LogP contribution in [-0.2, 0) is 4.79 Å². The summed E-state index contributed by atoms with van der Waals surface area (Å²) in [6, 6.07) is 10.1. The van der Waals surface area contributed by atoms with Crippen molar-refractivity contribution in [2.75, 3.05) is 19.6 Å². The number of nitrogens with zero attached hydrogens (tertiary/aromatic N) is 1. The molecule has 0 saturated carbocycles. The number of hydrogen-bond acceptors (Lipinski definition) is 3. The number of carbonyl (C=O) groups is 2. The van der Waals surface area contributed by atoms with Crippen LogP contribution in [0.4, 0.5) is 0 Å². The molecule has 24 heavy (non-hydrogen) atoms. The van der Waals surface area contributed by atoms with Crippen molar-refractivity contribution in [2.24, 2.45) is 5.92 Å². The van der Waals surface area contributed by atoms with E-state index in [1.165, 1.54) is 0 Å². The van der Waals surface area contributed by atoms with Crippen molar-refractivity contribution in [1.29, 1.82) is 0 Å². The Balaban J connectivity index is 1.61. The number of carbonyl (C=O) groups excluding carboxylic acids is 2. The number of piperidine rings is 1. The van der Waals surface area contributed by atoms with Crippen molar-refractivity contribution in [3.05, 3.63) is 35.2 Å². The number of benzene rings is 1. The van der Waals surface area contributed by atoms with Gasteiger partial charge < -0.3 is 10.2 Å². The minimum Gasteiger partial charge on any atom is -0.356 e. The molecule has 128 valence electrons. The maximum absolute atomic E-state index is 12.8. The summed E-state index contributed by atoms with van der Waals surface area (Å²) in [5.41, 5.74) is 0. The lowest BCUT2D eigenvalue weighted by Gasteiger charge is -2.32. The highest BCUT2D eigenvalue weighted by Gasteiger charge is 2.25. The highest BCUT2D eigenvalue weighted by molar-refractivity contribution is 7.20. The Labute approximate surface area is 146 Å². The van der Waals surface area contributed by atoms with Gasteiger partial charge in [0.2, 0.25) is 5.91 Å². The fourth-order valence-electron chi connectivity index (χ4n) is 3.23. The van der Waals surface area contributed by atoms with Crippen molar-refractivity contribution in [3.8, 4) is 0 Å². The van der Waals surface area contributed by atoms with Gasteiger partial charge in [0.25, 0.3) is 5.91 Å². The molecule has 0 unspecified atom stereocenters. The highest BCUT2D eigenvalue weighted by atomic mass is 32.1. The zero-order chi connectivity index (χ0) is 16.9. The van der Waals surface area contributed by atoms with E-state index in [-0.39, 0.29) is 11.8 Å². The van der Waals surface area contributed by atoms with Gasteiger partial charge in [-0.15, -0.1) is 11.3 Å². The molecule has 5 heteroatoms. The van der Waals surface area contributed by atoms with Gasteiger partial charge in [-0.05, 0) is 42.7 Å². The summed E-state index contributed by atoms with van der Waals surface area (Å²) in [7, 11) is 0. The number of rotatable bonds is 5. The molecule has 2 aromatic rings. The van der Waals surface area contributed by atoms with E-state index in [4.69, 9.17) is 0 Å². The summed E-state index contributed by atoms with van der Waals surface area (Å²) in [5.74, 6) is 0.601. The molecular formula is C19H24N2O2S. The molecule has 4 nitrogen and oxygen atoms in total. The largest absolute Gasteiger partial charge is 0.356 e. The van der Waals surface area contributed by atoms with Crippen LogP contribution < -0.4 is 5.32 Å². The lowest BCUT2D eigenvalue weighted by Crippen LogP contribution is -2.43. The van der Waals surface area contributed by atoms with Gasteiger partial charge in [-0.1, -0.05) is 25.1 Å². The molecule has 2 heterocycles.